The second-order valence-electron chi connectivity index (χ2n) is 14.0. The third-order valence-electron chi connectivity index (χ3n) is 9.60. The molecule has 0 aromatic heterocycles. The minimum absolute atomic E-state index is 0.134. The zero-order chi connectivity index (χ0) is 36.5. The van der Waals surface area contributed by atoms with Gasteiger partial charge in [0.25, 0.3) is 0 Å². The highest BCUT2D eigenvalue weighted by molar-refractivity contribution is 5.16. The fraction of sp³-hybridized carbons (Fsp3) is 0.442. The molecule has 0 amide bonds. The van der Waals surface area contributed by atoms with Gasteiger partial charge in [-0.3, -0.25) is 0 Å². The van der Waals surface area contributed by atoms with Crippen LogP contribution in [-0.4, -0.2) is 81.4 Å². The molecule has 0 aliphatic carbocycles. The average molecular weight is 727 g/mol. The summed E-state index contributed by atoms with van der Waals surface area (Å²) in [5.74, 6) is -0.780. The quantitative estimate of drug-likeness (QED) is 0.119. The molecule has 4 aromatic carbocycles. The second kappa shape index (κ2) is 18.2. The van der Waals surface area contributed by atoms with Crippen LogP contribution in [0, 0.1) is 0 Å². The lowest BCUT2D eigenvalue weighted by atomic mass is 9.97. The highest BCUT2D eigenvalue weighted by Gasteiger charge is 2.56. The summed E-state index contributed by atoms with van der Waals surface area (Å²) < 4.78 is 64.4. The third-order valence-corrected chi connectivity index (χ3v) is 9.60. The zero-order valence-corrected chi connectivity index (χ0v) is 30.6. The number of hydrogen-bond donors (Lipinski definition) is 0. The molecule has 3 fully saturated rings. The van der Waals surface area contributed by atoms with E-state index in [2.05, 4.69) is 0 Å². The molecule has 4 aromatic rings. The molecule has 10 nitrogen and oxygen atoms in total. The molecule has 53 heavy (non-hydrogen) atoms. The molecule has 0 N–H and O–H groups in total. The Morgan fingerprint density at radius 2 is 0.925 bits per heavy atom. The van der Waals surface area contributed by atoms with Gasteiger partial charge in [-0.25, -0.2) is 0 Å². The van der Waals surface area contributed by atoms with Gasteiger partial charge < -0.3 is 47.4 Å². The van der Waals surface area contributed by atoms with Crippen LogP contribution in [0.3, 0.4) is 0 Å². The Bertz CT molecular complexity index is 1640. The lowest BCUT2D eigenvalue weighted by Crippen LogP contribution is -2.62. The van der Waals surface area contributed by atoms with Gasteiger partial charge in [-0.15, -0.1) is 0 Å². The molecule has 0 bridgehead atoms. The number of rotatable bonds is 17. The van der Waals surface area contributed by atoms with E-state index in [-0.39, 0.29) is 19.3 Å². The first-order valence-electron chi connectivity index (χ1n) is 18.3. The normalized spacial score (nSPS) is 29.2. The van der Waals surface area contributed by atoms with Crippen LogP contribution in [0.15, 0.2) is 121 Å². The molecular formula is C43H50O10. The van der Waals surface area contributed by atoms with Crippen LogP contribution in [0.25, 0.3) is 0 Å². The van der Waals surface area contributed by atoms with Crippen LogP contribution in [0.2, 0.25) is 0 Å². The lowest BCUT2D eigenvalue weighted by molar-refractivity contribution is -0.333. The monoisotopic (exact) mass is 726 g/mol. The van der Waals surface area contributed by atoms with Crippen molar-refractivity contribution in [3.05, 3.63) is 144 Å². The molecule has 0 saturated carbocycles. The van der Waals surface area contributed by atoms with Gasteiger partial charge in [0.1, 0.15) is 42.7 Å². The van der Waals surface area contributed by atoms with E-state index < -0.39 is 55.0 Å². The maximum atomic E-state index is 6.84. The SMILES string of the molecule is CO[C@@H]1O[C@H](CO[C@H]2O[C@H](COCc3ccccc3)[C@@H](OCc3ccccc3)[C@H](OCc3ccccc3)[C@@H]2OCc2ccccc2)[C@H]2OC(C)(C)O[C@@H]12. The summed E-state index contributed by atoms with van der Waals surface area (Å²) >= 11 is 0. The van der Waals surface area contributed by atoms with Gasteiger partial charge >= 0.3 is 0 Å². The lowest BCUT2D eigenvalue weighted by Gasteiger charge is -2.46. The van der Waals surface area contributed by atoms with Crippen molar-refractivity contribution >= 4 is 0 Å². The Morgan fingerprint density at radius 1 is 0.472 bits per heavy atom. The maximum Gasteiger partial charge on any atom is 0.187 e. The van der Waals surface area contributed by atoms with Crippen LogP contribution in [0.4, 0.5) is 0 Å². The van der Waals surface area contributed by atoms with Crippen LogP contribution in [0.5, 0.6) is 0 Å². The van der Waals surface area contributed by atoms with Gasteiger partial charge in [0.15, 0.2) is 18.4 Å². The summed E-state index contributed by atoms with van der Waals surface area (Å²) in [6.07, 6.45) is -5.18. The van der Waals surface area contributed by atoms with E-state index in [9.17, 15) is 0 Å². The van der Waals surface area contributed by atoms with Crippen molar-refractivity contribution in [2.24, 2.45) is 0 Å². The van der Waals surface area contributed by atoms with Crippen molar-refractivity contribution in [3.8, 4) is 0 Å². The Kier molecular flexibility index (Phi) is 13.0. The Balaban J connectivity index is 1.17. The molecule has 7 rings (SSSR count). The highest BCUT2D eigenvalue weighted by atomic mass is 16.8. The average Bonchev–Trinajstić information content (AvgIpc) is 3.68. The molecule has 3 heterocycles. The summed E-state index contributed by atoms with van der Waals surface area (Å²) in [5.41, 5.74) is 4.11. The van der Waals surface area contributed by atoms with Crippen LogP contribution in [0.1, 0.15) is 36.1 Å². The molecule has 3 aliphatic rings. The molecule has 0 unspecified atom stereocenters. The molecule has 3 saturated heterocycles. The largest absolute Gasteiger partial charge is 0.374 e. The predicted octanol–water partition coefficient (Wildman–Crippen LogP) is 6.59. The van der Waals surface area contributed by atoms with Gasteiger partial charge in [-0.2, -0.15) is 0 Å². The van der Waals surface area contributed by atoms with Crippen LogP contribution in [-0.2, 0) is 73.8 Å². The molecule has 0 spiro atoms. The van der Waals surface area contributed by atoms with Gasteiger partial charge in [-0.05, 0) is 36.1 Å². The number of methoxy groups -OCH3 is 1. The van der Waals surface area contributed by atoms with Crippen molar-refractivity contribution in [2.45, 2.75) is 101 Å². The summed E-state index contributed by atoms with van der Waals surface area (Å²) in [7, 11) is 1.60. The predicted molar refractivity (Wildman–Crippen MR) is 195 cm³/mol. The first-order chi connectivity index (χ1) is 26.0. The number of benzene rings is 4. The summed E-state index contributed by atoms with van der Waals surface area (Å²) in [6.45, 7) is 5.53. The minimum Gasteiger partial charge on any atom is -0.374 e. The van der Waals surface area contributed by atoms with Gasteiger partial charge in [0, 0.05) is 7.11 Å². The molecule has 10 heteroatoms. The second-order valence-corrected chi connectivity index (χ2v) is 14.0. The highest BCUT2D eigenvalue weighted by Crippen LogP contribution is 2.40. The number of hydrogen-bond acceptors (Lipinski definition) is 10. The summed E-state index contributed by atoms with van der Waals surface area (Å²) in [5, 5.41) is 0. The number of fused-ring (bicyclic) bond motifs is 1. The van der Waals surface area contributed by atoms with E-state index >= 15 is 0 Å². The Labute approximate surface area is 312 Å². The summed E-state index contributed by atoms with van der Waals surface area (Å²) in [6, 6.07) is 40.2. The van der Waals surface area contributed by atoms with Crippen LogP contribution < -0.4 is 0 Å². The molecule has 282 valence electrons. The Morgan fingerprint density at radius 3 is 1.45 bits per heavy atom. The topological polar surface area (TPSA) is 92.3 Å². The zero-order valence-electron chi connectivity index (χ0n) is 30.6. The van der Waals surface area contributed by atoms with Crippen molar-refractivity contribution in [3.63, 3.8) is 0 Å². The number of ether oxygens (including phenoxy) is 10. The fourth-order valence-electron chi connectivity index (χ4n) is 7.04. The van der Waals surface area contributed by atoms with Crippen LogP contribution >= 0.6 is 0 Å². The van der Waals surface area contributed by atoms with E-state index in [1.165, 1.54) is 0 Å². The van der Waals surface area contributed by atoms with Gasteiger partial charge in [-0.1, -0.05) is 121 Å². The first-order valence-corrected chi connectivity index (χ1v) is 18.3. The maximum absolute atomic E-state index is 6.84. The van der Waals surface area contributed by atoms with Crippen molar-refractivity contribution in [1.29, 1.82) is 0 Å². The van der Waals surface area contributed by atoms with E-state index in [1.54, 1.807) is 7.11 Å². The minimum atomic E-state index is -0.875. The van der Waals surface area contributed by atoms with Crippen molar-refractivity contribution < 1.29 is 47.4 Å². The summed E-state index contributed by atoms with van der Waals surface area (Å²) in [4.78, 5) is 0. The van der Waals surface area contributed by atoms with E-state index in [0.29, 0.717) is 26.4 Å². The molecular weight excluding hydrogens is 676 g/mol. The van der Waals surface area contributed by atoms with Gasteiger partial charge in [0.05, 0.1) is 39.6 Å². The first kappa shape index (κ1) is 37.8. The van der Waals surface area contributed by atoms with E-state index in [4.69, 9.17) is 47.4 Å². The van der Waals surface area contributed by atoms with Crippen molar-refractivity contribution in [2.75, 3.05) is 20.3 Å². The third kappa shape index (κ3) is 9.97. The van der Waals surface area contributed by atoms with E-state index in [1.807, 2.05) is 135 Å². The molecule has 0 radical (unpaired) electrons. The smallest absolute Gasteiger partial charge is 0.187 e. The van der Waals surface area contributed by atoms with Crippen molar-refractivity contribution in [1.82, 2.24) is 0 Å². The molecule has 3 aliphatic heterocycles. The van der Waals surface area contributed by atoms with Gasteiger partial charge in [0.2, 0.25) is 0 Å². The van der Waals surface area contributed by atoms with E-state index in [0.717, 1.165) is 22.3 Å². The Hall–Kier alpha value is -3.52. The standard InChI is InChI=1S/C43H50O10/c1-43(2)52-37-35(50-41(44-3)40(37)53-43)29-49-42-39(48-27-33-22-14-7-15-23-33)38(47-26-32-20-12-6-13-21-32)36(46-25-31-18-10-5-11-19-31)34(51-42)28-45-24-30-16-8-4-9-17-30/h4-23,34-42H,24-29H2,1-3H3/t34-,35-,36-,37-,38+,39+,40-,41-,42+/m1/s1. The fourth-order valence-corrected chi connectivity index (χ4v) is 7.04. The molecule has 9 atom stereocenters.